The predicted molar refractivity (Wildman–Crippen MR) is 98.6 cm³/mol. The second-order valence-electron chi connectivity index (χ2n) is 6.62. The number of hydrogen-bond donors (Lipinski definition) is 2. The number of likely N-dealkylation sites (tertiary alicyclic amines) is 1. The molecule has 1 aliphatic rings. The number of methoxy groups -OCH3 is 1. The Morgan fingerprint density at radius 1 is 1.29 bits per heavy atom. The van der Waals surface area contributed by atoms with Crippen molar-refractivity contribution < 1.29 is 19.1 Å². The topological polar surface area (TPSA) is 122 Å². The molecule has 1 aliphatic heterocycles. The number of rotatable bonds is 7. The number of aromatic nitrogens is 4. The van der Waals surface area contributed by atoms with E-state index in [1.165, 1.54) is 7.11 Å². The molecule has 2 N–H and O–H groups in total. The van der Waals surface area contributed by atoms with Gasteiger partial charge in [-0.15, -0.1) is 10.2 Å². The van der Waals surface area contributed by atoms with E-state index in [4.69, 9.17) is 9.47 Å². The molecular formula is C18H24N6O4. The van der Waals surface area contributed by atoms with Crippen LogP contribution in [-0.2, 0) is 9.53 Å². The fraction of sp³-hybridized carbons (Fsp3) is 0.500. The van der Waals surface area contributed by atoms with E-state index in [1.807, 2.05) is 0 Å². The molecule has 0 unspecified atom stereocenters. The summed E-state index contributed by atoms with van der Waals surface area (Å²) in [6, 6.07) is 6.62. The molecule has 1 aromatic carbocycles. The number of aromatic amines is 1. The summed E-state index contributed by atoms with van der Waals surface area (Å²) in [6.07, 6.45) is 1.57. The number of nitrogens with one attached hydrogen (secondary N) is 2. The molecule has 10 heteroatoms. The number of ether oxygens (including phenoxy) is 2. The monoisotopic (exact) mass is 388 g/mol. The minimum Gasteiger partial charge on any atom is -0.490 e. The molecular weight excluding hydrogens is 364 g/mol. The van der Waals surface area contributed by atoms with Gasteiger partial charge in [-0.3, -0.25) is 9.59 Å². The second kappa shape index (κ2) is 9.27. The predicted octanol–water partition coefficient (Wildman–Crippen LogP) is 0.707. The van der Waals surface area contributed by atoms with Crippen LogP contribution in [-0.4, -0.2) is 70.2 Å². The first kappa shape index (κ1) is 19.7. The molecule has 2 heterocycles. The molecule has 0 saturated carbocycles. The van der Waals surface area contributed by atoms with Gasteiger partial charge >= 0.3 is 0 Å². The molecule has 150 valence electrons. The average molecular weight is 388 g/mol. The SMILES string of the molecule is COCC(=O)N1CCC(Oc2ccc(C(=O)N[C@H](C)c3nn[nH]n3)cc2)CC1. The lowest BCUT2D eigenvalue weighted by molar-refractivity contribution is -0.136. The summed E-state index contributed by atoms with van der Waals surface area (Å²) in [4.78, 5) is 25.9. The lowest BCUT2D eigenvalue weighted by Crippen LogP contribution is -2.43. The first-order valence-corrected chi connectivity index (χ1v) is 9.14. The fourth-order valence-electron chi connectivity index (χ4n) is 3.01. The van der Waals surface area contributed by atoms with E-state index < -0.39 is 0 Å². The van der Waals surface area contributed by atoms with E-state index in [-0.39, 0.29) is 30.6 Å². The van der Waals surface area contributed by atoms with Gasteiger partial charge in [-0.25, -0.2) is 0 Å². The summed E-state index contributed by atoms with van der Waals surface area (Å²) >= 11 is 0. The van der Waals surface area contributed by atoms with Crippen molar-refractivity contribution in [3.8, 4) is 5.75 Å². The van der Waals surface area contributed by atoms with Crippen LogP contribution in [0.1, 0.15) is 42.0 Å². The van der Waals surface area contributed by atoms with E-state index >= 15 is 0 Å². The highest BCUT2D eigenvalue weighted by Gasteiger charge is 2.23. The third-order valence-corrected chi connectivity index (χ3v) is 4.58. The van der Waals surface area contributed by atoms with Crippen LogP contribution in [0.3, 0.4) is 0 Å². The van der Waals surface area contributed by atoms with Crippen LogP contribution in [0.15, 0.2) is 24.3 Å². The number of carbonyl (C=O) groups excluding carboxylic acids is 2. The average Bonchev–Trinajstić information content (AvgIpc) is 3.24. The van der Waals surface area contributed by atoms with E-state index in [9.17, 15) is 9.59 Å². The van der Waals surface area contributed by atoms with Gasteiger partial charge in [0.05, 0.1) is 6.04 Å². The summed E-state index contributed by atoms with van der Waals surface area (Å²) in [7, 11) is 1.52. The van der Waals surface area contributed by atoms with Crippen LogP contribution in [0.5, 0.6) is 5.75 Å². The molecule has 0 spiro atoms. The van der Waals surface area contributed by atoms with Crippen LogP contribution in [0.2, 0.25) is 0 Å². The van der Waals surface area contributed by atoms with Gasteiger partial charge in [0.2, 0.25) is 5.91 Å². The number of H-pyrrole nitrogens is 1. The highest BCUT2D eigenvalue weighted by Crippen LogP contribution is 2.20. The highest BCUT2D eigenvalue weighted by atomic mass is 16.5. The maximum Gasteiger partial charge on any atom is 0.251 e. The summed E-state index contributed by atoms with van der Waals surface area (Å²) in [5.74, 6) is 0.897. The van der Waals surface area contributed by atoms with Crippen LogP contribution in [0, 0.1) is 0 Å². The van der Waals surface area contributed by atoms with Gasteiger partial charge in [-0.2, -0.15) is 5.21 Å². The van der Waals surface area contributed by atoms with Gasteiger partial charge in [0.25, 0.3) is 5.91 Å². The third kappa shape index (κ3) is 5.03. The molecule has 1 fully saturated rings. The molecule has 1 aromatic heterocycles. The highest BCUT2D eigenvalue weighted by molar-refractivity contribution is 5.94. The Kier molecular flexibility index (Phi) is 6.53. The zero-order chi connectivity index (χ0) is 19.9. The molecule has 2 amide bonds. The van der Waals surface area contributed by atoms with Gasteiger partial charge in [0, 0.05) is 38.6 Å². The van der Waals surface area contributed by atoms with Crippen LogP contribution < -0.4 is 10.1 Å². The Labute approximate surface area is 162 Å². The van der Waals surface area contributed by atoms with Crippen molar-refractivity contribution in [1.29, 1.82) is 0 Å². The Morgan fingerprint density at radius 2 is 2.00 bits per heavy atom. The maximum absolute atomic E-state index is 12.3. The first-order valence-electron chi connectivity index (χ1n) is 9.14. The van der Waals surface area contributed by atoms with Crippen molar-refractivity contribution in [2.24, 2.45) is 0 Å². The Hall–Kier alpha value is -3.01. The lowest BCUT2D eigenvalue weighted by atomic mass is 10.1. The number of benzene rings is 1. The minimum atomic E-state index is -0.354. The van der Waals surface area contributed by atoms with E-state index in [0.717, 1.165) is 12.8 Å². The van der Waals surface area contributed by atoms with Gasteiger partial charge in [-0.1, -0.05) is 5.21 Å². The van der Waals surface area contributed by atoms with E-state index in [0.29, 0.717) is 30.2 Å². The zero-order valence-electron chi connectivity index (χ0n) is 15.9. The second-order valence-corrected chi connectivity index (χ2v) is 6.62. The van der Waals surface area contributed by atoms with Crippen LogP contribution in [0.25, 0.3) is 0 Å². The molecule has 1 saturated heterocycles. The molecule has 0 bridgehead atoms. The molecule has 1 atom stereocenters. The van der Waals surface area contributed by atoms with E-state index in [1.54, 1.807) is 36.1 Å². The third-order valence-electron chi connectivity index (χ3n) is 4.58. The Balaban J connectivity index is 1.48. The largest absolute Gasteiger partial charge is 0.490 e. The lowest BCUT2D eigenvalue weighted by Gasteiger charge is -2.32. The van der Waals surface area contributed by atoms with E-state index in [2.05, 4.69) is 25.9 Å². The summed E-state index contributed by atoms with van der Waals surface area (Å²) < 4.78 is 10.9. The number of amides is 2. The summed E-state index contributed by atoms with van der Waals surface area (Å²) in [5, 5.41) is 16.4. The molecule has 0 aliphatic carbocycles. The Morgan fingerprint density at radius 3 is 2.61 bits per heavy atom. The molecule has 2 aromatic rings. The first-order chi connectivity index (χ1) is 13.6. The normalized spacial score (nSPS) is 15.9. The number of piperidine rings is 1. The van der Waals surface area contributed by atoms with Gasteiger partial charge in [-0.05, 0) is 31.2 Å². The van der Waals surface area contributed by atoms with Crippen molar-refractivity contribution in [3.05, 3.63) is 35.7 Å². The number of hydrogen-bond acceptors (Lipinski definition) is 7. The maximum atomic E-state index is 12.3. The van der Waals surface area contributed by atoms with Crippen molar-refractivity contribution in [1.82, 2.24) is 30.8 Å². The molecule has 3 rings (SSSR count). The van der Waals surface area contributed by atoms with Crippen molar-refractivity contribution in [2.75, 3.05) is 26.8 Å². The van der Waals surface area contributed by atoms with Crippen LogP contribution >= 0.6 is 0 Å². The number of nitrogens with zero attached hydrogens (tertiary/aromatic N) is 4. The summed E-state index contributed by atoms with van der Waals surface area (Å²) in [6.45, 7) is 3.20. The molecule has 0 radical (unpaired) electrons. The Bertz CT molecular complexity index is 772. The minimum absolute atomic E-state index is 0.00589. The smallest absolute Gasteiger partial charge is 0.251 e. The van der Waals surface area contributed by atoms with Crippen molar-refractivity contribution >= 4 is 11.8 Å². The zero-order valence-corrected chi connectivity index (χ0v) is 15.9. The van der Waals surface area contributed by atoms with Gasteiger partial charge in [0.15, 0.2) is 5.82 Å². The standard InChI is InChI=1S/C18H24N6O4/c1-12(17-20-22-23-21-17)19-18(26)13-3-5-14(6-4-13)28-15-7-9-24(10-8-15)16(25)11-27-2/h3-6,12,15H,7-11H2,1-2H3,(H,19,26)(H,20,21,22,23)/t12-/m1/s1. The van der Waals surface area contributed by atoms with Gasteiger partial charge < -0.3 is 19.7 Å². The molecule has 10 nitrogen and oxygen atoms in total. The van der Waals surface area contributed by atoms with Crippen molar-refractivity contribution in [2.45, 2.75) is 31.9 Å². The molecule has 28 heavy (non-hydrogen) atoms. The number of carbonyl (C=O) groups is 2. The van der Waals surface area contributed by atoms with Crippen LogP contribution in [0.4, 0.5) is 0 Å². The van der Waals surface area contributed by atoms with Gasteiger partial charge in [0.1, 0.15) is 18.5 Å². The summed E-state index contributed by atoms with van der Waals surface area (Å²) in [5.41, 5.74) is 0.516. The van der Waals surface area contributed by atoms with Crippen molar-refractivity contribution in [3.63, 3.8) is 0 Å². The quantitative estimate of drug-likeness (QED) is 0.716. The fourth-order valence-corrected chi connectivity index (χ4v) is 3.01. The number of tetrazole rings is 1.